The summed E-state index contributed by atoms with van der Waals surface area (Å²) in [5, 5.41) is 0.675. The van der Waals surface area contributed by atoms with Crippen LogP contribution in [0.1, 0.15) is 53.9 Å². The summed E-state index contributed by atoms with van der Waals surface area (Å²) in [5.41, 5.74) is 6.77. The number of nitrogens with two attached hydrogens (primary N) is 1. The first-order chi connectivity index (χ1) is 8.88. The molecule has 1 rings (SSSR count). The molecule has 3 unspecified atom stereocenters. The predicted molar refractivity (Wildman–Crippen MR) is 88.8 cm³/mol. The van der Waals surface area contributed by atoms with Gasteiger partial charge in [0.2, 0.25) is 0 Å². The molecule has 0 aromatic heterocycles. The Balaban J connectivity index is 2.38. The standard InChI is InChI=1S/C16H34N2S/c1-6-18(7-2)10-11-19-15-12-13(16(3,4)5)8-9-14(15)17/h13-15H,6-12,17H2,1-5H3. The quantitative estimate of drug-likeness (QED) is 0.809. The second-order valence-electron chi connectivity index (χ2n) is 6.98. The zero-order valence-corrected chi connectivity index (χ0v) is 14.4. The molecule has 0 aromatic rings. The second kappa shape index (κ2) is 7.90. The fourth-order valence-corrected chi connectivity index (χ4v) is 4.42. The minimum Gasteiger partial charge on any atom is -0.327 e. The van der Waals surface area contributed by atoms with Gasteiger partial charge in [-0.15, -0.1) is 0 Å². The van der Waals surface area contributed by atoms with Crippen LogP contribution in [-0.4, -0.2) is 41.6 Å². The van der Waals surface area contributed by atoms with Crippen molar-refractivity contribution in [1.82, 2.24) is 4.90 Å². The summed E-state index contributed by atoms with van der Waals surface area (Å²) in [7, 11) is 0. The van der Waals surface area contributed by atoms with E-state index in [1.54, 1.807) is 0 Å². The Morgan fingerprint density at radius 2 is 1.79 bits per heavy atom. The van der Waals surface area contributed by atoms with Crippen molar-refractivity contribution in [2.75, 3.05) is 25.4 Å². The molecule has 114 valence electrons. The summed E-state index contributed by atoms with van der Waals surface area (Å²) in [6.07, 6.45) is 3.84. The molecule has 19 heavy (non-hydrogen) atoms. The number of hydrogen-bond acceptors (Lipinski definition) is 3. The molecule has 0 amide bonds. The predicted octanol–water partition coefficient (Wildman–Crippen LogP) is 3.60. The van der Waals surface area contributed by atoms with Gasteiger partial charge in [0.25, 0.3) is 0 Å². The van der Waals surface area contributed by atoms with Crippen LogP contribution in [-0.2, 0) is 0 Å². The normalized spacial score (nSPS) is 28.9. The van der Waals surface area contributed by atoms with Crippen LogP contribution in [0, 0.1) is 11.3 Å². The summed E-state index contributed by atoms with van der Waals surface area (Å²) in [6.45, 7) is 15.2. The second-order valence-corrected chi connectivity index (χ2v) is 8.32. The summed E-state index contributed by atoms with van der Waals surface area (Å²) >= 11 is 2.12. The van der Waals surface area contributed by atoms with Crippen LogP contribution in [0.5, 0.6) is 0 Å². The van der Waals surface area contributed by atoms with E-state index >= 15 is 0 Å². The molecule has 0 aliphatic heterocycles. The average Bonchev–Trinajstić information content (AvgIpc) is 2.35. The van der Waals surface area contributed by atoms with E-state index in [9.17, 15) is 0 Å². The molecule has 1 fully saturated rings. The Morgan fingerprint density at radius 3 is 2.32 bits per heavy atom. The van der Waals surface area contributed by atoms with Crippen LogP contribution in [0.25, 0.3) is 0 Å². The molecule has 2 nitrogen and oxygen atoms in total. The minimum atomic E-state index is 0.417. The molecule has 0 saturated heterocycles. The molecular formula is C16H34N2S. The third-order valence-electron chi connectivity index (χ3n) is 4.70. The van der Waals surface area contributed by atoms with Gasteiger partial charge in [-0.2, -0.15) is 11.8 Å². The summed E-state index contributed by atoms with van der Waals surface area (Å²) in [6, 6.07) is 0.417. The average molecular weight is 287 g/mol. The van der Waals surface area contributed by atoms with Crippen molar-refractivity contribution < 1.29 is 0 Å². The van der Waals surface area contributed by atoms with Crippen molar-refractivity contribution in [3.8, 4) is 0 Å². The van der Waals surface area contributed by atoms with Crippen molar-refractivity contribution in [2.45, 2.75) is 65.2 Å². The van der Waals surface area contributed by atoms with Gasteiger partial charge >= 0.3 is 0 Å². The van der Waals surface area contributed by atoms with Crippen molar-refractivity contribution in [3.05, 3.63) is 0 Å². The molecule has 0 aromatic carbocycles. The van der Waals surface area contributed by atoms with Crippen LogP contribution in [0.3, 0.4) is 0 Å². The molecule has 1 aliphatic carbocycles. The van der Waals surface area contributed by atoms with E-state index in [0.29, 0.717) is 16.7 Å². The van der Waals surface area contributed by atoms with E-state index in [1.165, 1.54) is 44.6 Å². The number of rotatable bonds is 6. The van der Waals surface area contributed by atoms with Gasteiger partial charge in [0.15, 0.2) is 0 Å². The largest absolute Gasteiger partial charge is 0.327 e. The maximum absolute atomic E-state index is 6.33. The van der Waals surface area contributed by atoms with Gasteiger partial charge in [0.1, 0.15) is 0 Å². The van der Waals surface area contributed by atoms with Crippen molar-refractivity contribution in [2.24, 2.45) is 17.1 Å². The number of thioether (sulfide) groups is 1. The van der Waals surface area contributed by atoms with Gasteiger partial charge in [0.05, 0.1) is 0 Å². The van der Waals surface area contributed by atoms with E-state index in [-0.39, 0.29) is 0 Å². The number of nitrogens with zero attached hydrogens (tertiary/aromatic N) is 1. The highest BCUT2D eigenvalue weighted by atomic mass is 32.2. The van der Waals surface area contributed by atoms with E-state index in [1.807, 2.05) is 0 Å². The van der Waals surface area contributed by atoms with Gasteiger partial charge in [-0.25, -0.2) is 0 Å². The van der Waals surface area contributed by atoms with Gasteiger partial charge in [-0.05, 0) is 43.7 Å². The summed E-state index contributed by atoms with van der Waals surface area (Å²) in [4.78, 5) is 2.50. The molecule has 2 N–H and O–H groups in total. The monoisotopic (exact) mass is 286 g/mol. The van der Waals surface area contributed by atoms with Gasteiger partial charge in [-0.1, -0.05) is 34.6 Å². The summed E-state index contributed by atoms with van der Waals surface area (Å²) in [5.74, 6) is 2.08. The first-order valence-electron chi connectivity index (χ1n) is 7.98. The van der Waals surface area contributed by atoms with Crippen molar-refractivity contribution in [1.29, 1.82) is 0 Å². The van der Waals surface area contributed by atoms with E-state index in [4.69, 9.17) is 5.73 Å². The Labute approximate surface area is 124 Å². The molecular weight excluding hydrogens is 252 g/mol. The molecule has 0 radical (unpaired) electrons. The van der Waals surface area contributed by atoms with Crippen LogP contribution in [0.2, 0.25) is 0 Å². The van der Waals surface area contributed by atoms with Crippen molar-refractivity contribution in [3.63, 3.8) is 0 Å². The lowest BCUT2D eigenvalue weighted by molar-refractivity contribution is 0.174. The van der Waals surface area contributed by atoms with Gasteiger partial charge in [0, 0.05) is 23.6 Å². The van der Waals surface area contributed by atoms with Crippen LogP contribution < -0.4 is 5.73 Å². The topological polar surface area (TPSA) is 29.3 Å². The lowest BCUT2D eigenvalue weighted by Crippen LogP contribution is -2.42. The maximum atomic E-state index is 6.33. The molecule has 0 heterocycles. The van der Waals surface area contributed by atoms with E-state index < -0.39 is 0 Å². The Morgan fingerprint density at radius 1 is 1.16 bits per heavy atom. The Hall–Kier alpha value is 0.270. The molecule has 3 atom stereocenters. The van der Waals surface area contributed by atoms with Crippen LogP contribution in [0.4, 0.5) is 0 Å². The van der Waals surface area contributed by atoms with E-state index in [2.05, 4.69) is 51.3 Å². The minimum absolute atomic E-state index is 0.417. The van der Waals surface area contributed by atoms with Gasteiger partial charge < -0.3 is 10.6 Å². The van der Waals surface area contributed by atoms with Crippen molar-refractivity contribution >= 4 is 11.8 Å². The maximum Gasteiger partial charge on any atom is 0.0202 e. The molecule has 0 bridgehead atoms. The first kappa shape index (κ1) is 17.3. The third-order valence-corrected chi connectivity index (χ3v) is 6.09. The summed E-state index contributed by atoms with van der Waals surface area (Å²) < 4.78 is 0. The SMILES string of the molecule is CCN(CC)CCSC1CC(C(C)(C)C)CCC1N. The zero-order chi connectivity index (χ0) is 14.5. The highest BCUT2D eigenvalue weighted by Crippen LogP contribution is 2.40. The first-order valence-corrected chi connectivity index (χ1v) is 9.02. The molecule has 1 saturated carbocycles. The van der Waals surface area contributed by atoms with Crippen LogP contribution in [0.15, 0.2) is 0 Å². The smallest absolute Gasteiger partial charge is 0.0202 e. The van der Waals surface area contributed by atoms with E-state index in [0.717, 1.165) is 5.92 Å². The number of hydrogen-bond donors (Lipinski definition) is 1. The molecule has 3 heteroatoms. The fraction of sp³-hybridized carbons (Fsp3) is 1.00. The lowest BCUT2D eigenvalue weighted by atomic mass is 9.71. The third kappa shape index (κ3) is 5.65. The Bertz CT molecular complexity index is 246. The highest BCUT2D eigenvalue weighted by molar-refractivity contribution is 8.00. The van der Waals surface area contributed by atoms with Gasteiger partial charge in [-0.3, -0.25) is 0 Å². The molecule has 1 aliphatic rings. The highest BCUT2D eigenvalue weighted by Gasteiger charge is 2.34. The zero-order valence-electron chi connectivity index (χ0n) is 13.6. The van der Waals surface area contributed by atoms with Crippen LogP contribution >= 0.6 is 11.8 Å². The lowest BCUT2D eigenvalue weighted by Gasteiger charge is -2.40. The Kier molecular flexibility index (Phi) is 7.20. The fourth-order valence-electron chi connectivity index (χ4n) is 3.00. The molecule has 0 spiro atoms.